The van der Waals surface area contributed by atoms with Crippen molar-refractivity contribution in [3.63, 3.8) is 0 Å². The van der Waals surface area contributed by atoms with E-state index in [9.17, 15) is 9.59 Å². The Hall–Kier alpha value is -1.99. The van der Waals surface area contributed by atoms with E-state index >= 15 is 0 Å². The predicted molar refractivity (Wildman–Crippen MR) is 110 cm³/mol. The largest absolute Gasteiger partial charge is 0.465 e. The van der Waals surface area contributed by atoms with E-state index in [1.807, 2.05) is 35.0 Å². The number of hydrogen-bond acceptors (Lipinski definition) is 4. The van der Waals surface area contributed by atoms with E-state index < -0.39 is 6.09 Å². The maximum atomic E-state index is 12.6. The Morgan fingerprint density at radius 3 is 2.52 bits per heavy atom. The average Bonchev–Trinajstić information content (AvgIpc) is 3.09. The normalized spacial score (nSPS) is 14.9. The van der Waals surface area contributed by atoms with Crippen molar-refractivity contribution in [2.24, 2.45) is 0 Å². The lowest BCUT2D eigenvalue weighted by Gasteiger charge is -2.31. The van der Waals surface area contributed by atoms with Crippen molar-refractivity contribution in [1.29, 1.82) is 0 Å². The van der Waals surface area contributed by atoms with Gasteiger partial charge in [-0.05, 0) is 60.9 Å². The highest BCUT2D eigenvalue weighted by Crippen LogP contribution is 2.31. The summed E-state index contributed by atoms with van der Waals surface area (Å²) in [5.41, 5.74) is 2.19. The zero-order valence-corrected chi connectivity index (χ0v) is 16.9. The summed E-state index contributed by atoms with van der Waals surface area (Å²) in [6.07, 6.45) is 1.72. The first-order valence-electron chi connectivity index (χ1n) is 9.08. The van der Waals surface area contributed by atoms with Gasteiger partial charge in [0.15, 0.2) is 0 Å². The van der Waals surface area contributed by atoms with Crippen LogP contribution in [-0.2, 0) is 6.42 Å². The highest BCUT2D eigenvalue weighted by molar-refractivity contribution is 8.00. The van der Waals surface area contributed by atoms with Crippen LogP contribution in [0.5, 0.6) is 0 Å². The second kappa shape index (κ2) is 9.28. The van der Waals surface area contributed by atoms with Crippen LogP contribution >= 0.6 is 23.1 Å². The Kier molecular flexibility index (Phi) is 6.79. The topological polar surface area (TPSA) is 69.6 Å². The molecular formula is C20H24N2O3S2. The van der Waals surface area contributed by atoms with E-state index in [2.05, 4.69) is 29.6 Å². The minimum atomic E-state index is -0.985. The SMILES string of the molecule is Cc1ccsc1C(=O)N1CCC(Sc2ccc(CCNC(=O)O)cc2)CC1. The van der Waals surface area contributed by atoms with Gasteiger partial charge >= 0.3 is 6.09 Å². The summed E-state index contributed by atoms with van der Waals surface area (Å²) in [7, 11) is 0. The summed E-state index contributed by atoms with van der Waals surface area (Å²) in [4.78, 5) is 27.2. The highest BCUT2D eigenvalue weighted by Gasteiger charge is 2.25. The summed E-state index contributed by atoms with van der Waals surface area (Å²) in [5, 5.41) is 13.5. The number of thioether (sulfide) groups is 1. The molecule has 2 heterocycles. The number of thiophene rings is 1. The molecule has 0 spiro atoms. The van der Waals surface area contributed by atoms with Crippen molar-refractivity contribution >= 4 is 35.1 Å². The Morgan fingerprint density at radius 1 is 1.22 bits per heavy atom. The monoisotopic (exact) mass is 404 g/mol. The van der Waals surface area contributed by atoms with Crippen LogP contribution in [0.2, 0.25) is 0 Å². The third-order valence-corrected chi connectivity index (χ3v) is 7.06. The van der Waals surface area contributed by atoms with E-state index in [0.29, 0.717) is 18.2 Å². The first-order chi connectivity index (χ1) is 13.0. The first-order valence-corrected chi connectivity index (χ1v) is 10.8. The number of aryl methyl sites for hydroxylation is 1. The molecule has 3 rings (SSSR count). The van der Waals surface area contributed by atoms with Crippen molar-refractivity contribution in [3.05, 3.63) is 51.7 Å². The maximum Gasteiger partial charge on any atom is 0.404 e. The number of hydrogen-bond donors (Lipinski definition) is 2. The van der Waals surface area contributed by atoms with Crippen molar-refractivity contribution in [2.45, 2.75) is 36.3 Å². The lowest BCUT2D eigenvalue weighted by Crippen LogP contribution is -2.39. The number of carbonyl (C=O) groups is 2. The Labute approximate surface area is 167 Å². The van der Waals surface area contributed by atoms with Crippen molar-refractivity contribution < 1.29 is 14.7 Å². The van der Waals surface area contributed by atoms with Crippen LogP contribution in [-0.4, -0.2) is 46.9 Å². The molecule has 1 aliphatic rings. The molecule has 0 atom stereocenters. The number of rotatable bonds is 6. The molecule has 0 bridgehead atoms. The van der Waals surface area contributed by atoms with Gasteiger partial charge in [-0.15, -0.1) is 23.1 Å². The molecule has 2 amide bonds. The fraction of sp³-hybridized carbons (Fsp3) is 0.400. The molecule has 1 fully saturated rings. The van der Waals surface area contributed by atoms with E-state index in [1.54, 1.807) is 0 Å². The first kappa shape index (κ1) is 19.8. The van der Waals surface area contributed by atoms with Gasteiger partial charge in [-0.25, -0.2) is 4.79 Å². The molecule has 1 aliphatic heterocycles. The molecule has 27 heavy (non-hydrogen) atoms. The van der Waals surface area contributed by atoms with Crippen LogP contribution in [0.15, 0.2) is 40.6 Å². The molecule has 0 unspecified atom stereocenters. The summed E-state index contributed by atoms with van der Waals surface area (Å²) in [6, 6.07) is 10.3. The molecule has 2 N–H and O–H groups in total. The number of nitrogens with one attached hydrogen (secondary N) is 1. The Bertz CT molecular complexity index is 781. The van der Waals surface area contributed by atoms with Gasteiger partial charge in [-0.3, -0.25) is 4.79 Å². The Balaban J connectivity index is 1.45. The molecule has 144 valence electrons. The summed E-state index contributed by atoms with van der Waals surface area (Å²) >= 11 is 3.40. The minimum Gasteiger partial charge on any atom is -0.465 e. The summed E-state index contributed by atoms with van der Waals surface area (Å²) < 4.78 is 0. The molecule has 7 heteroatoms. The van der Waals surface area contributed by atoms with Gasteiger partial charge in [0.2, 0.25) is 0 Å². The second-order valence-corrected chi connectivity index (χ2v) is 8.96. The third kappa shape index (κ3) is 5.49. The van der Waals surface area contributed by atoms with Crippen LogP contribution < -0.4 is 5.32 Å². The summed E-state index contributed by atoms with van der Waals surface area (Å²) in [6.45, 7) is 4.05. The van der Waals surface area contributed by atoms with Gasteiger partial charge in [-0.1, -0.05) is 12.1 Å². The number of benzene rings is 1. The van der Waals surface area contributed by atoms with Crippen LogP contribution in [0.1, 0.15) is 33.6 Å². The zero-order valence-electron chi connectivity index (χ0n) is 15.3. The van der Waals surface area contributed by atoms with Gasteiger partial charge in [0, 0.05) is 29.8 Å². The highest BCUT2D eigenvalue weighted by atomic mass is 32.2. The lowest BCUT2D eigenvalue weighted by atomic mass is 10.1. The van der Waals surface area contributed by atoms with E-state index in [-0.39, 0.29) is 5.91 Å². The molecule has 1 aromatic heterocycles. The van der Waals surface area contributed by atoms with Crippen molar-refractivity contribution in [3.8, 4) is 0 Å². The van der Waals surface area contributed by atoms with Crippen LogP contribution in [0.4, 0.5) is 4.79 Å². The molecule has 5 nitrogen and oxygen atoms in total. The molecule has 1 saturated heterocycles. The number of nitrogens with zero attached hydrogens (tertiary/aromatic N) is 1. The fourth-order valence-corrected chi connectivity index (χ4v) is 5.17. The number of carboxylic acid groups (broad SMARTS) is 1. The van der Waals surface area contributed by atoms with Gasteiger partial charge in [-0.2, -0.15) is 0 Å². The smallest absolute Gasteiger partial charge is 0.404 e. The standard InChI is InChI=1S/C20H24N2O3S2/c1-14-9-13-26-18(14)19(23)22-11-7-17(8-12-22)27-16-4-2-15(3-5-16)6-10-21-20(24)25/h2-5,9,13,17,21H,6-8,10-12H2,1H3,(H,24,25). The van der Waals surface area contributed by atoms with Crippen LogP contribution in [0.25, 0.3) is 0 Å². The number of likely N-dealkylation sites (tertiary alicyclic amines) is 1. The fourth-order valence-electron chi connectivity index (χ4n) is 3.15. The molecule has 2 aromatic rings. The van der Waals surface area contributed by atoms with E-state index in [4.69, 9.17) is 5.11 Å². The number of piperidine rings is 1. The Morgan fingerprint density at radius 2 is 1.93 bits per heavy atom. The molecule has 0 saturated carbocycles. The van der Waals surface area contributed by atoms with Gasteiger partial charge in [0.1, 0.15) is 0 Å². The number of amides is 2. The number of carbonyl (C=O) groups excluding carboxylic acids is 1. The second-order valence-electron chi connectivity index (χ2n) is 6.67. The van der Waals surface area contributed by atoms with Crippen LogP contribution in [0, 0.1) is 6.92 Å². The summed E-state index contributed by atoms with van der Waals surface area (Å²) in [5.74, 6) is 0.172. The van der Waals surface area contributed by atoms with Crippen molar-refractivity contribution in [2.75, 3.05) is 19.6 Å². The van der Waals surface area contributed by atoms with E-state index in [0.717, 1.165) is 41.9 Å². The van der Waals surface area contributed by atoms with Gasteiger partial charge < -0.3 is 15.3 Å². The molecule has 0 radical (unpaired) electrons. The molecular weight excluding hydrogens is 380 g/mol. The van der Waals surface area contributed by atoms with E-state index in [1.165, 1.54) is 16.2 Å². The van der Waals surface area contributed by atoms with Gasteiger partial charge in [0.05, 0.1) is 4.88 Å². The molecule has 0 aliphatic carbocycles. The van der Waals surface area contributed by atoms with Crippen LogP contribution in [0.3, 0.4) is 0 Å². The zero-order chi connectivity index (χ0) is 19.2. The lowest BCUT2D eigenvalue weighted by molar-refractivity contribution is 0.0731. The molecule has 1 aromatic carbocycles. The predicted octanol–water partition coefficient (Wildman–Crippen LogP) is 4.26. The maximum absolute atomic E-state index is 12.6. The quantitative estimate of drug-likeness (QED) is 0.755. The average molecular weight is 405 g/mol. The third-order valence-electron chi connectivity index (χ3n) is 4.70. The van der Waals surface area contributed by atoms with Crippen molar-refractivity contribution in [1.82, 2.24) is 10.2 Å². The van der Waals surface area contributed by atoms with Gasteiger partial charge in [0.25, 0.3) is 5.91 Å². The minimum absolute atomic E-state index is 0.172.